The molecule has 0 aliphatic rings. The van der Waals surface area contributed by atoms with Gasteiger partial charge in [0.2, 0.25) is 0 Å². The van der Waals surface area contributed by atoms with Crippen molar-refractivity contribution in [2.75, 3.05) is 14.2 Å². The minimum Gasteiger partial charge on any atom is -0.356 e. The first-order valence-corrected chi connectivity index (χ1v) is 6.72. The van der Waals surface area contributed by atoms with Crippen LogP contribution in [0.3, 0.4) is 0 Å². The molecule has 2 nitrogen and oxygen atoms in total. The molecule has 0 atom stereocenters. The van der Waals surface area contributed by atoms with Crippen molar-refractivity contribution in [3.63, 3.8) is 0 Å². The number of allylic oxidation sites excluding steroid dienone is 4. The van der Waals surface area contributed by atoms with E-state index >= 15 is 0 Å². The van der Waals surface area contributed by atoms with Crippen LogP contribution in [0.25, 0.3) is 0 Å². The smallest absolute Gasteiger partial charge is 0.156 e. The van der Waals surface area contributed by atoms with Crippen LogP contribution < -0.4 is 0 Å². The molecule has 0 N–H and O–H groups in total. The Balaban J connectivity index is 3.23. The first-order valence-electron chi connectivity index (χ1n) is 6.72. The van der Waals surface area contributed by atoms with Crippen molar-refractivity contribution in [2.45, 2.75) is 58.2 Å². The predicted molar refractivity (Wildman–Crippen MR) is 74.1 cm³/mol. The van der Waals surface area contributed by atoms with E-state index in [1.807, 2.05) is 0 Å². The van der Waals surface area contributed by atoms with Crippen molar-refractivity contribution < 1.29 is 9.47 Å². The Bertz CT molecular complexity index is 193. The highest BCUT2D eigenvalue weighted by molar-refractivity contribution is 5.01. The molecule has 0 rings (SSSR count). The van der Waals surface area contributed by atoms with Crippen LogP contribution in [0.2, 0.25) is 0 Å². The fourth-order valence-corrected chi connectivity index (χ4v) is 1.65. The van der Waals surface area contributed by atoms with Crippen LogP contribution in [0.4, 0.5) is 0 Å². The van der Waals surface area contributed by atoms with Crippen LogP contribution in [0, 0.1) is 0 Å². The summed E-state index contributed by atoms with van der Waals surface area (Å²) >= 11 is 0. The van der Waals surface area contributed by atoms with E-state index in [-0.39, 0.29) is 6.29 Å². The third-order valence-electron chi connectivity index (χ3n) is 2.71. The van der Waals surface area contributed by atoms with Gasteiger partial charge in [0.25, 0.3) is 0 Å². The summed E-state index contributed by atoms with van der Waals surface area (Å²) in [6.07, 6.45) is 17.0. The monoisotopic (exact) mass is 240 g/mol. The van der Waals surface area contributed by atoms with Gasteiger partial charge in [0.1, 0.15) is 0 Å². The molecule has 0 amide bonds. The molecular weight excluding hydrogens is 212 g/mol. The lowest BCUT2D eigenvalue weighted by atomic mass is 10.1. The molecular formula is C15H28O2. The highest BCUT2D eigenvalue weighted by Gasteiger charge is 2.03. The third kappa shape index (κ3) is 11.7. The van der Waals surface area contributed by atoms with Gasteiger partial charge in [-0.2, -0.15) is 0 Å². The van der Waals surface area contributed by atoms with Gasteiger partial charge >= 0.3 is 0 Å². The van der Waals surface area contributed by atoms with Crippen molar-refractivity contribution in [3.05, 3.63) is 24.3 Å². The fraction of sp³-hybridized carbons (Fsp3) is 0.733. The Hall–Kier alpha value is -0.600. The molecule has 0 spiro atoms. The van der Waals surface area contributed by atoms with E-state index < -0.39 is 0 Å². The van der Waals surface area contributed by atoms with Gasteiger partial charge in [-0.25, -0.2) is 0 Å². The van der Waals surface area contributed by atoms with E-state index in [0.29, 0.717) is 0 Å². The standard InChI is InChI=1S/C15H28O2/c1-4-5-6-7-8-9-10-11-12-13-14-15(16-2)17-3/h5-8,15H,4,9-14H2,1-3H3. The average Bonchev–Trinajstić information content (AvgIpc) is 2.36. The molecule has 0 radical (unpaired) electrons. The largest absolute Gasteiger partial charge is 0.356 e. The average molecular weight is 240 g/mol. The second kappa shape index (κ2) is 13.5. The van der Waals surface area contributed by atoms with Crippen molar-refractivity contribution >= 4 is 0 Å². The Morgan fingerprint density at radius 2 is 1.53 bits per heavy atom. The Labute approximate surface area is 107 Å². The quantitative estimate of drug-likeness (QED) is 0.301. The molecule has 0 aliphatic carbocycles. The minimum atomic E-state index is -0.0194. The van der Waals surface area contributed by atoms with E-state index in [2.05, 4.69) is 31.2 Å². The lowest BCUT2D eigenvalue weighted by Crippen LogP contribution is -2.12. The zero-order valence-electron chi connectivity index (χ0n) is 11.7. The number of ether oxygens (including phenoxy) is 2. The first kappa shape index (κ1) is 16.4. The SMILES string of the molecule is CCC=CC=CCCCCCCC(OC)OC. The van der Waals surface area contributed by atoms with Crippen molar-refractivity contribution in [2.24, 2.45) is 0 Å². The minimum absolute atomic E-state index is 0.0194. The molecule has 0 bridgehead atoms. The Kier molecular flexibility index (Phi) is 13.0. The number of methoxy groups -OCH3 is 2. The molecule has 100 valence electrons. The molecule has 17 heavy (non-hydrogen) atoms. The summed E-state index contributed by atoms with van der Waals surface area (Å²) in [6, 6.07) is 0. The van der Waals surface area contributed by atoms with E-state index in [0.717, 1.165) is 12.8 Å². The molecule has 0 aliphatic heterocycles. The van der Waals surface area contributed by atoms with Crippen LogP contribution in [-0.4, -0.2) is 20.5 Å². The van der Waals surface area contributed by atoms with Gasteiger partial charge in [0.05, 0.1) is 0 Å². The van der Waals surface area contributed by atoms with Crippen LogP contribution in [0.1, 0.15) is 51.9 Å². The van der Waals surface area contributed by atoms with E-state index in [1.54, 1.807) is 14.2 Å². The number of unbranched alkanes of at least 4 members (excludes halogenated alkanes) is 4. The van der Waals surface area contributed by atoms with Gasteiger partial charge in [-0.15, -0.1) is 0 Å². The first-order chi connectivity index (χ1) is 8.35. The van der Waals surface area contributed by atoms with E-state index in [9.17, 15) is 0 Å². The Morgan fingerprint density at radius 1 is 0.882 bits per heavy atom. The summed E-state index contributed by atoms with van der Waals surface area (Å²) in [5, 5.41) is 0. The summed E-state index contributed by atoms with van der Waals surface area (Å²) in [5.74, 6) is 0. The second-order valence-electron chi connectivity index (χ2n) is 4.16. The highest BCUT2D eigenvalue weighted by Crippen LogP contribution is 2.09. The molecule has 0 aromatic carbocycles. The molecule has 0 heterocycles. The van der Waals surface area contributed by atoms with Gasteiger partial charge < -0.3 is 9.47 Å². The van der Waals surface area contributed by atoms with E-state index in [4.69, 9.17) is 9.47 Å². The second-order valence-corrected chi connectivity index (χ2v) is 4.16. The molecule has 0 aromatic rings. The van der Waals surface area contributed by atoms with Gasteiger partial charge in [-0.1, -0.05) is 44.1 Å². The van der Waals surface area contributed by atoms with Gasteiger partial charge in [0, 0.05) is 14.2 Å². The summed E-state index contributed by atoms with van der Waals surface area (Å²) in [4.78, 5) is 0. The van der Waals surface area contributed by atoms with Crippen molar-refractivity contribution in [3.8, 4) is 0 Å². The van der Waals surface area contributed by atoms with Gasteiger partial charge in [0.15, 0.2) is 6.29 Å². The number of hydrogen-bond acceptors (Lipinski definition) is 2. The fourth-order valence-electron chi connectivity index (χ4n) is 1.65. The molecule has 0 saturated carbocycles. The molecule has 0 aromatic heterocycles. The lowest BCUT2D eigenvalue weighted by Gasteiger charge is -2.12. The number of hydrogen-bond donors (Lipinski definition) is 0. The maximum atomic E-state index is 5.14. The van der Waals surface area contributed by atoms with Gasteiger partial charge in [-0.05, 0) is 32.1 Å². The maximum Gasteiger partial charge on any atom is 0.156 e. The van der Waals surface area contributed by atoms with Crippen LogP contribution in [0.15, 0.2) is 24.3 Å². The highest BCUT2D eigenvalue weighted by atomic mass is 16.7. The predicted octanol–water partition coefficient (Wildman–Crippen LogP) is 4.47. The summed E-state index contributed by atoms with van der Waals surface area (Å²) in [7, 11) is 3.39. The maximum absolute atomic E-state index is 5.14. The lowest BCUT2D eigenvalue weighted by molar-refractivity contribution is -0.107. The summed E-state index contributed by atoms with van der Waals surface area (Å²) in [5.41, 5.74) is 0. The third-order valence-corrected chi connectivity index (χ3v) is 2.71. The Morgan fingerprint density at radius 3 is 2.18 bits per heavy atom. The molecule has 0 fully saturated rings. The van der Waals surface area contributed by atoms with Crippen molar-refractivity contribution in [1.82, 2.24) is 0 Å². The normalized spacial score (nSPS) is 12.2. The molecule has 2 heteroatoms. The van der Waals surface area contributed by atoms with E-state index in [1.165, 1.54) is 32.1 Å². The molecule has 0 saturated heterocycles. The van der Waals surface area contributed by atoms with Crippen LogP contribution in [-0.2, 0) is 9.47 Å². The van der Waals surface area contributed by atoms with Gasteiger partial charge in [-0.3, -0.25) is 0 Å². The topological polar surface area (TPSA) is 18.5 Å². The summed E-state index contributed by atoms with van der Waals surface area (Å²) in [6.45, 7) is 2.15. The summed E-state index contributed by atoms with van der Waals surface area (Å²) < 4.78 is 10.3. The zero-order valence-corrected chi connectivity index (χ0v) is 11.7. The van der Waals surface area contributed by atoms with Crippen LogP contribution in [0.5, 0.6) is 0 Å². The van der Waals surface area contributed by atoms with Crippen LogP contribution >= 0.6 is 0 Å². The number of rotatable bonds is 11. The zero-order chi connectivity index (χ0) is 12.8. The van der Waals surface area contributed by atoms with Crippen molar-refractivity contribution in [1.29, 1.82) is 0 Å². The molecule has 0 unspecified atom stereocenters.